The monoisotopic (exact) mass is 276 g/mol. The van der Waals surface area contributed by atoms with Crippen LogP contribution in [0, 0.1) is 0 Å². The number of carbonyl (C=O) groups is 1. The molecule has 0 saturated heterocycles. The van der Waals surface area contributed by atoms with Crippen molar-refractivity contribution < 1.29 is 17.9 Å². The summed E-state index contributed by atoms with van der Waals surface area (Å²) >= 11 is 5.90. The fraction of sp³-hybridized carbons (Fsp3) is 0.364. The molecule has 0 aliphatic carbocycles. The topological polar surface area (TPSA) is 60.4 Å². The van der Waals surface area contributed by atoms with Crippen molar-refractivity contribution in [1.29, 1.82) is 0 Å². The first-order chi connectivity index (χ1) is 7.77. The van der Waals surface area contributed by atoms with Crippen molar-refractivity contribution in [3.05, 3.63) is 28.8 Å². The zero-order chi connectivity index (χ0) is 13.2. The standard InChI is InChI=1S/C11H13ClO4S/c1-7(17(3,14)15)11(13)9-5-4-8(16-2)6-10(9)12/h4-7H,1-3H3. The van der Waals surface area contributed by atoms with Crippen LogP contribution in [0.25, 0.3) is 0 Å². The molecule has 0 fully saturated rings. The van der Waals surface area contributed by atoms with Crippen molar-refractivity contribution in [2.45, 2.75) is 12.2 Å². The van der Waals surface area contributed by atoms with Gasteiger partial charge in [-0.15, -0.1) is 0 Å². The van der Waals surface area contributed by atoms with E-state index in [9.17, 15) is 13.2 Å². The summed E-state index contributed by atoms with van der Waals surface area (Å²) < 4.78 is 27.5. The minimum Gasteiger partial charge on any atom is -0.497 e. The van der Waals surface area contributed by atoms with Crippen LogP contribution in [-0.2, 0) is 9.84 Å². The van der Waals surface area contributed by atoms with Gasteiger partial charge in [-0.3, -0.25) is 4.79 Å². The summed E-state index contributed by atoms with van der Waals surface area (Å²) in [5.41, 5.74) is 0.186. The Kier molecular flexibility index (Phi) is 4.16. The number of carbonyl (C=O) groups excluding carboxylic acids is 1. The molecule has 4 nitrogen and oxygen atoms in total. The summed E-state index contributed by atoms with van der Waals surface area (Å²) in [5, 5.41) is -0.918. The van der Waals surface area contributed by atoms with E-state index in [2.05, 4.69) is 0 Å². The van der Waals surface area contributed by atoms with Crippen molar-refractivity contribution in [1.82, 2.24) is 0 Å². The van der Waals surface area contributed by atoms with E-state index in [1.807, 2.05) is 0 Å². The van der Waals surface area contributed by atoms with E-state index in [1.54, 1.807) is 6.07 Å². The first-order valence-corrected chi connectivity index (χ1v) is 7.17. The zero-order valence-electron chi connectivity index (χ0n) is 9.73. The largest absolute Gasteiger partial charge is 0.497 e. The highest BCUT2D eigenvalue weighted by molar-refractivity contribution is 7.92. The number of Topliss-reactive ketones (excluding diaryl/α,β-unsaturated/α-hetero) is 1. The van der Waals surface area contributed by atoms with Crippen molar-refractivity contribution in [2.24, 2.45) is 0 Å². The van der Waals surface area contributed by atoms with Gasteiger partial charge >= 0.3 is 0 Å². The maximum atomic E-state index is 11.9. The predicted molar refractivity (Wildman–Crippen MR) is 66.6 cm³/mol. The van der Waals surface area contributed by atoms with Crippen LogP contribution < -0.4 is 4.74 Å². The third kappa shape index (κ3) is 3.20. The van der Waals surface area contributed by atoms with E-state index in [0.29, 0.717) is 5.75 Å². The molecule has 17 heavy (non-hydrogen) atoms. The molecule has 0 N–H and O–H groups in total. The summed E-state index contributed by atoms with van der Waals surface area (Å²) in [6.45, 7) is 1.35. The summed E-state index contributed by atoms with van der Waals surface area (Å²) in [5.74, 6) is -0.00119. The number of hydrogen-bond acceptors (Lipinski definition) is 4. The van der Waals surface area contributed by atoms with E-state index in [-0.39, 0.29) is 10.6 Å². The molecule has 0 aliphatic heterocycles. The molecule has 0 amide bonds. The molecule has 1 aromatic carbocycles. The summed E-state index contributed by atoms with van der Waals surface area (Å²) in [4.78, 5) is 11.9. The SMILES string of the molecule is COc1ccc(C(=O)C(C)S(C)(=O)=O)c(Cl)c1. The van der Waals surface area contributed by atoms with Crippen LogP contribution >= 0.6 is 11.6 Å². The molecule has 94 valence electrons. The quantitative estimate of drug-likeness (QED) is 0.789. The molecular weight excluding hydrogens is 264 g/mol. The average Bonchev–Trinajstić information content (AvgIpc) is 2.25. The maximum Gasteiger partial charge on any atom is 0.182 e. The Balaban J connectivity index is 3.14. The normalized spacial score (nSPS) is 13.2. The van der Waals surface area contributed by atoms with Crippen LogP contribution in [0.15, 0.2) is 18.2 Å². The molecule has 0 spiro atoms. The molecule has 1 rings (SSSR count). The maximum absolute atomic E-state index is 11.9. The van der Waals surface area contributed by atoms with Crippen molar-refractivity contribution >= 4 is 27.2 Å². The third-order valence-electron chi connectivity index (χ3n) is 2.45. The van der Waals surface area contributed by atoms with Crippen LogP contribution in [0.3, 0.4) is 0 Å². The first-order valence-electron chi connectivity index (χ1n) is 4.84. The van der Waals surface area contributed by atoms with Crippen LogP contribution in [0.2, 0.25) is 5.02 Å². The van der Waals surface area contributed by atoms with Crippen LogP contribution in [0.1, 0.15) is 17.3 Å². The Morgan fingerprint density at radius 2 is 2.00 bits per heavy atom. The fourth-order valence-corrected chi connectivity index (χ4v) is 2.02. The number of sulfone groups is 1. The molecule has 0 saturated carbocycles. The molecule has 1 atom stereocenters. The Morgan fingerprint density at radius 3 is 2.41 bits per heavy atom. The smallest absolute Gasteiger partial charge is 0.182 e. The Morgan fingerprint density at radius 1 is 1.41 bits per heavy atom. The van der Waals surface area contributed by atoms with E-state index in [0.717, 1.165) is 6.26 Å². The molecule has 0 radical (unpaired) electrons. The highest BCUT2D eigenvalue weighted by atomic mass is 35.5. The lowest BCUT2D eigenvalue weighted by Gasteiger charge is -2.10. The van der Waals surface area contributed by atoms with Gasteiger partial charge in [0.25, 0.3) is 0 Å². The van der Waals surface area contributed by atoms with Gasteiger partial charge in [0.2, 0.25) is 0 Å². The van der Waals surface area contributed by atoms with E-state index in [4.69, 9.17) is 16.3 Å². The number of hydrogen-bond donors (Lipinski definition) is 0. The van der Waals surface area contributed by atoms with Gasteiger partial charge in [-0.05, 0) is 25.1 Å². The summed E-state index contributed by atoms with van der Waals surface area (Å²) in [7, 11) is -1.94. The number of ether oxygens (including phenoxy) is 1. The number of methoxy groups -OCH3 is 1. The van der Waals surface area contributed by atoms with Gasteiger partial charge in [0.05, 0.1) is 12.1 Å². The average molecular weight is 277 g/mol. The van der Waals surface area contributed by atoms with E-state index in [1.165, 1.54) is 26.2 Å². The second-order valence-corrected chi connectivity index (χ2v) is 6.46. The second-order valence-electron chi connectivity index (χ2n) is 3.68. The molecule has 0 aromatic heterocycles. The first kappa shape index (κ1) is 14.0. The minimum atomic E-state index is -3.42. The number of ketones is 1. The van der Waals surface area contributed by atoms with Crippen LogP contribution in [-0.4, -0.2) is 32.8 Å². The van der Waals surface area contributed by atoms with Crippen molar-refractivity contribution in [2.75, 3.05) is 13.4 Å². The minimum absolute atomic E-state index is 0.185. The summed E-state index contributed by atoms with van der Waals surface area (Å²) in [6.07, 6.45) is 1.02. The van der Waals surface area contributed by atoms with Crippen molar-refractivity contribution in [3.8, 4) is 5.75 Å². The lowest BCUT2D eigenvalue weighted by Crippen LogP contribution is -2.26. The second kappa shape index (κ2) is 5.06. The molecule has 1 unspecified atom stereocenters. The summed E-state index contributed by atoms with van der Waals surface area (Å²) in [6, 6.07) is 4.50. The van der Waals surface area contributed by atoms with Crippen LogP contribution in [0.5, 0.6) is 5.75 Å². The highest BCUT2D eigenvalue weighted by Crippen LogP contribution is 2.24. The Bertz CT molecular complexity index is 536. The van der Waals surface area contributed by atoms with Gasteiger partial charge in [0.1, 0.15) is 11.0 Å². The molecular formula is C11H13ClO4S. The predicted octanol–water partition coefficient (Wildman–Crippen LogP) is 1.96. The molecule has 6 heteroatoms. The van der Waals surface area contributed by atoms with E-state index >= 15 is 0 Å². The molecule has 0 bridgehead atoms. The highest BCUT2D eigenvalue weighted by Gasteiger charge is 2.26. The van der Waals surface area contributed by atoms with Gasteiger partial charge in [0.15, 0.2) is 15.6 Å². The molecule has 0 aliphatic rings. The number of benzene rings is 1. The zero-order valence-corrected chi connectivity index (χ0v) is 11.3. The van der Waals surface area contributed by atoms with Gasteiger partial charge in [-0.25, -0.2) is 8.42 Å². The van der Waals surface area contributed by atoms with Crippen molar-refractivity contribution in [3.63, 3.8) is 0 Å². The van der Waals surface area contributed by atoms with Gasteiger partial charge in [-0.1, -0.05) is 11.6 Å². The number of rotatable bonds is 4. The lowest BCUT2D eigenvalue weighted by molar-refractivity contribution is 0.0992. The number of halogens is 1. The molecule has 1 aromatic rings. The fourth-order valence-electron chi connectivity index (χ4n) is 1.24. The Labute approximate surface area is 105 Å². The van der Waals surface area contributed by atoms with Gasteiger partial charge < -0.3 is 4.74 Å². The van der Waals surface area contributed by atoms with Gasteiger partial charge in [0, 0.05) is 11.8 Å². The van der Waals surface area contributed by atoms with Crippen LogP contribution in [0.4, 0.5) is 0 Å². The Hall–Kier alpha value is -1.07. The van der Waals surface area contributed by atoms with E-state index < -0.39 is 20.9 Å². The lowest BCUT2D eigenvalue weighted by atomic mass is 10.1. The molecule has 0 heterocycles. The van der Waals surface area contributed by atoms with Gasteiger partial charge in [-0.2, -0.15) is 0 Å². The third-order valence-corrected chi connectivity index (χ3v) is 4.26.